The van der Waals surface area contributed by atoms with Crippen molar-refractivity contribution in [3.8, 4) is 0 Å². The van der Waals surface area contributed by atoms with Crippen LogP contribution in [-0.4, -0.2) is 5.11 Å². The first-order valence-electron chi connectivity index (χ1n) is 3.27. The van der Waals surface area contributed by atoms with Crippen LogP contribution in [0, 0.1) is 0 Å². The number of aliphatic hydroxyl groups is 1. The topological polar surface area (TPSA) is 20.2 Å². The second-order valence-electron chi connectivity index (χ2n) is 2.28. The maximum atomic E-state index is 8.96. The Kier molecular flexibility index (Phi) is 2.55. The lowest BCUT2D eigenvalue weighted by molar-refractivity contribution is 0.514. The van der Waals surface area contributed by atoms with E-state index in [1.807, 2.05) is 12.1 Å². The highest BCUT2D eigenvalue weighted by atomic mass is 35.5. The standard InChI is InChI=1S/C9H9ClO/c1-7(11)9-4-2-8(6-10)3-5-9/h2-5,11H,1,6H2. The van der Waals surface area contributed by atoms with Crippen LogP contribution in [0.3, 0.4) is 0 Å². The van der Waals surface area contributed by atoms with Gasteiger partial charge in [-0.2, -0.15) is 0 Å². The first kappa shape index (κ1) is 8.15. The molecule has 0 saturated carbocycles. The van der Waals surface area contributed by atoms with Gasteiger partial charge in [-0.1, -0.05) is 30.8 Å². The summed E-state index contributed by atoms with van der Waals surface area (Å²) in [5, 5.41) is 8.96. The molecule has 0 unspecified atom stereocenters. The van der Waals surface area contributed by atoms with Crippen LogP contribution in [-0.2, 0) is 5.88 Å². The van der Waals surface area contributed by atoms with Crippen molar-refractivity contribution in [3.63, 3.8) is 0 Å². The van der Waals surface area contributed by atoms with Crippen molar-refractivity contribution < 1.29 is 5.11 Å². The average molecular weight is 169 g/mol. The van der Waals surface area contributed by atoms with Gasteiger partial charge in [0.2, 0.25) is 0 Å². The van der Waals surface area contributed by atoms with Crippen molar-refractivity contribution in [3.05, 3.63) is 42.0 Å². The summed E-state index contributed by atoms with van der Waals surface area (Å²) in [7, 11) is 0. The third kappa shape index (κ3) is 1.99. The molecule has 11 heavy (non-hydrogen) atoms. The molecule has 0 aliphatic carbocycles. The van der Waals surface area contributed by atoms with Crippen molar-refractivity contribution in [1.82, 2.24) is 0 Å². The number of hydrogen-bond donors (Lipinski definition) is 1. The molecule has 58 valence electrons. The van der Waals surface area contributed by atoms with Crippen LogP contribution in [0.5, 0.6) is 0 Å². The van der Waals surface area contributed by atoms with Gasteiger partial charge in [0, 0.05) is 11.4 Å². The zero-order chi connectivity index (χ0) is 8.27. The molecule has 0 heterocycles. The molecule has 0 saturated heterocycles. The SMILES string of the molecule is C=C(O)c1ccc(CCl)cc1. The fourth-order valence-corrected chi connectivity index (χ4v) is 0.964. The first-order valence-corrected chi connectivity index (χ1v) is 3.80. The maximum Gasteiger partial charge on any atom is 0.115 e. The van der Waals surface area contributed by atoms with E-state index in [-0.39, 0.29) is 5.76 Å². The largest absolute Gasteiger partial charge is 0.508 e. The molecular formula is C9H9ClO. The van der Waals surface area contributed by atoms with Gasteiger partial charge in [-0.15, -0.1) is 11.6 Å². The minimum atomic E-state index is 0.0890. The highest BCUT2D eigenvalue weighted by Gasteiger charge is 1.94. The molecule has 0 spiro atoms. The quantitative estimate of drug-likeness (QED) is 0.532. The van der Waals surface area contributed by atoms with E-state index >= 15 is 0 Å². The number of alkyl halides is 1. The Hall–Kier alpha value is -0.950. The second-order valence-corrected chi connectivity index (χ2v) is 2.54. The van der Waals surface area contributed by atoms with Crippen molar-refractivity contribution in [1.29, 1.82) is 0 Å². The lowest BCUT2D eigenvalue weighted by Gasteiger charge is -1.98. The van der Waals surface area contributed by atoms with Crippen LogP contribution < -0.4 is 0 Å². The predicted molar refractivity (Wildman–Crippen MR) is 47.7 cm³/mol. The minimum Gasteiger partial charge on any atom is -0.508 e. The highest BCUT2D eigenvalue weighted by Crippen LogP contribution is 2.11. The van der Waals surface area contributed by atoms with E-state index < -0.39 is 0 Å². The Morgan fingerprint density at radius 1 is 1.36 bits per heavy atom. The van der Waals surface area contributed by atoms with Crippen LogP contribution in [0.25, 0.3) is 5.76 Å². The zero-order valence-corrected chi connectivity index (χ0v) is 6.80. The smallest absolute Gasteiger partial charge is 0.115 e. The molecule has 0 radical (unpaired) electrons. The molecule has 0 amide bonds. The number of benzene rings is 1. The molecule has 0 atom stereocenters. The van der Waals surface area contributed by atoms with Gasteiger partial charge in [0.05, 0.1) is 0 Å². The van der Waals surface area contributed by atoms with Gasteiger partial charge < -0.3 is 5.11 Å². The average Bonchev–Trinajstić information content (AvgIpc) is 2.05. The van der Waals surface area contributed by atoms with Crippen molar-refractivity contribution in [2.75, 3.05) is 0 Å². The summed E-state index contributed by atoms with van der Waals surface area (Å²) in [5.74, 6) is 0.587. The summed E-state index contributed by atoms with van der Waals surface area (Å²) >= 11 is 5.57. The van der Waals surface area contributed by atoms with E-state index in [0.717, 1.165) is 11.1 Å². The summed E-state index contributed by atoms with van der Waals surface area (Å²) in [6.45, 7) is 3.40. The molecule has 0 aliphatic rings. The molecule has 0 aromatic heterocycles. The number of rotatable bonds is 2. The van der Waals surface area contributed by atoms with E-state index in [0.29, 0.717) is 5.88 Å². The van der Waals surface area contributed by atoms with E-state index in [9.17, 15) is 0 Å². The molecule has 0 bridgehead atoms. The Morgan fingerprint density at radius 2 is 1.91 bits per heavy atom. The van der Waals surface area contributed by atoms with E-state index in [2.05, 4.69) is 6.58 Å². The Labute approximate surface area is 70.9 Å². The van der Waals surface area contributed by atoms with Gasteiger partial charge in [0.15, 0.2) is 0 Å². The third-order valence-corrected chi connectivity index (χ3v) is 1.75. The number of aliphatic hydroxyl groups excluding tert-OH is 1. The number of hydrogen-bond acceptors (Lipinski definition) is 1. The van der Waals surface area contributed by atoms with Crippen LogP contribution in [0.1, 0.15) is 11.1 Å². The predicted octanol–water partition coefficient (Wildman–Crippen LogP) is 2.95. The summed E-state index contributed by atoms with van der Waals surface area (Å²) in [6, 6.07) is 7.31. The van der Waals surface area contributed by atoms with Crippen LogP contribution in [0.2, 0.25) is 0 Å². The zero-order valence-electron chi connectivity index (χ0n) is 6.05. The normalized spacial score (nSPS) is 9.55. The summed E-state index contributed by atoms with van der Waals surface area (Å²) in [5.41, 5.74) is 1.77. The van der Waals surface area contributed by atoms with Crippen molar-refractivity contribution >= 4 is 17.4 Å². The monoisotopic (exact) mass is 168 g/mol. The van der Waals surface area contributed by atoms with Crippen LogP contribution in [0.15, 0.2) is 30.8 Å². The summed E-state index contributed by atoms with van der Waals surface area (Å²) in [4.78, 5) is 0. The van der Waals surface area contributed by atoms with Gasteiger partial charge >= 0.3 is 0 Å². The second kappa shape index (κ2) is 3.44. The third-order valence-electron chi connectivity index (χ3n) is 1.44. The van der Waals surface area contributed by atoms with Crippen molar-refractivity contribution in [2.45, 2.75) is 5.88 Å². The molecule has 1 rings (SSSR count). The van der Waals surface area contributed by atoms with Gasteiger partial charge in [-0.3, -0.25) is 0 Å². The Balaban J connectivity index is 2.91. The van der Waals surface area contributed by atoms with Gasteiger partial charge in [0.1, 0.15) is 5.76 Å². The number of halogens is 1. The molecular weight excluding hydrogens is 160 g/mol. The molecule has 2 heteroatoms. The highest BCUT2D eigenvalue weighted by molar-refractivity contribution is 6.17. The molecule has 1 N–H and O–H groups in total. The summed E-state index contributed by atoms with van der Waals surface area (Å²) in [6.07, 6.45) is 0. The lowest BCUT2D eigenvalue weighted by Crippen LogP contribution is -1.81. The fraction of sp³-hybridized carbons (Fsp3) is 0.111. The molecule has 1 aromatic carbocycles. The fourth-order valence-electron chi connectivity index (χ4n) is 0.786. The van der Waals surface area contributed by atoms with Gasteiger partial charge in [-0.25, -0.2) is 0 Å². The van der Waals surface area contributed by atoms with Gasteiger partial charge in [0.25, 0.3) is 0 Å². The van der Waals surface area contributed by atoms with Gasteiger partial charge in [-0.05, 0) is 5.56 Å². The maximum absolute atomic E-state index is 8.96. The van der Waals surface area contributed by atoms with E-state index in [1.165, 1.54) is 0 Å². The molecule has 1 nitrogen and oxygen atoms in total. The Morgan fingerprint density at radius 3 is 2.27 bits per heavy atom. The van der Waals surface area contributed by atoms with E-state index in [1.54, 1.807) is 12.1 Å². The minimum absolute atomic E-state index is 0.0890. The lowest BCUT2D eigenvalue weighted by atomic mass is 10.1. The molecule has 0 aliphatic heterocycles. The van der Waals surface area contributed by atoms with Crippen LogP contribution in [0.4, 0.5) is 0 Å². The van der Waals surface area contributed by atoms with Crippen molar-refractivity contribution in [2.24, 2.45) is 0 Å². The Bertz CT molecular complexity index is 251. The van der Waals surface area contributed by atoms with E-state index in [4.69, 9.17) is 16.7 Å². The summed E-state index contributed by atoms with van der Waals surface area (Å²) < 4.78 is 0. The molecule has 1 aromatic rings. The molecule has 0 fully saturated rings. The van der Waals surface area contributed by atoms with Crippen LogP contribution >= 0.6 is 11.6 Å². The first-order chi connectivity index (χ1) is 5.24.